The van der Waals surface area contributed by atoms with Gasteiger partial charge in [-0.05, 0) is 55.2 Å². The van der Waals surface area contributed by atoms with Crippen LogP contribution in [0.2, 0.25) is 5.02 Å². The van der Waals surface area contributed by atoms with Gasteiger partial charge in [0.1, 0.15) is 0 Å². The number of nitrogens with one attached hydrogen (secondary N) is 1. The predicted octanol–water partition coefficient (Wildman–Crippen LogP) is 4.10. The highest BCUT2D eigenvalue weighted by Gasteiger charge is 2.33. The van der Waals surface area contributed by atoms with E-state index in [9.17, 15) is 13.2 Å². The number of thioether (sulfide) groups is 1. The number of rotatable bonds is 8. The molecule has 30 heavy (non-hydrogen) atoms. The van der Waals surface area contributed by atoms with E-state index in [4.69, 9.17) is 11.6 Å². The minimum absolute atomic E-state index is 0.0671. The van der Waals surface area contributed by atoms with Crippen LogP contribution in [0.5, 0.6) is 0 Å². The number of carbonyl (C=O) groups excluding carboxylic acids is 1. The fraction of sp³-hybridized carbons (Fsp3) is 0.409. The Balaban J connectivity index is 1.47. The van der Waals surface area contributed by atoms with Gasteiger partial charge in [-0.15, -0.1) is 0 Å². The fourth-order valence-corrected chi connectivity index (χ4v) is 6.06. The van der Waals surface area contributed by atoms with Crippen LogP contribution in [0.3, 0.4) is 0 Å². The first-order chi connectivity index (χ1) is 14.4. The summed E-state index contributed by atoms with van der Waals surface area (Å²) < 4.78 is 27.2. The Kier molecular flexibility index (Phi) is 8.22. The second-order valence-corrected chi connectivity index (χ2v) is 10.9. The largest absolute Gasteiger partial charge is 0.355 e. The molecular weight excluding hydrogens is 440 g/mol. The Morgan fingerprint density at radius 2 is 1.93 bits per heavy atom. The summed E-state index contributed by atoms with van der Waals surface area (Å²) in [4.78, 5) is 12.8. The SMILES string of the molecule is Cc1ccccc1CSCCNC(=O)[C@@H]1CCCN(S(=O)(=O)c2ccc(Cl)cc2)C1. The third-order valence-electron chi connectivity index (χ3n) is 5.27. The zero-order valence-corrected chi connectivity index (χ0v) is 19.4. The summed E-state index contributed by atoms with van der Waals surface area (Å²) in [5.41, 5.74) is 2.59. The van der Waals surface area contributed by atoms with Crippen molar-refractivity contribution >= 4 is 39.3 Å². The van der Waals surface area contributed by atoms with Crippen LogP contribution in [0.4, 0.5) is 0 Å². The van der Waals surface area contributed by atoms with Crippen molar-refractivity contribution in [2.45, 2.75) is 30.4 Å². The van der Waals surface area contributed by atoms with Crippen LogP contribution in [0.15, 0.2) is 53.4 Å². The molecule has 1 heterocycles. The smallest absolute Gasteiger partial charge is 0.243 e. The molecule has 2 aromatic carbocycles. The highest BCUT2D eigenvalue weighted by atomic mass is 35.5. The molecule has 1 amide bonds. The Hall–Kier alpha value is -1.54. The number of sulfonamides is 1. The molecule has 0 aromatic heterocycles. The molecule has 1 aliphatic heterocycles. The fourth-order valence-electron chi connectivity index (χ4n) is 3.48. The van der Waals surface area contributed by atoms with Crippen molar-refractivity contribution in [3.05, 3.63) is 64.7 Å². The molecule has 2 aromatic rings. The van der Waals surface area contributed by atoms with Gasteiger partial charge in [0.05, 0.1) is 10.8 Å². The Morgan fingerprint density at radius 3 is 2.67 bits per heavy atom. The van der Waals surface area contributed by atoms with Crippen LogP contribution in [-0.4, -0.2) is 44.0 Å². The third kappa shape index (κ3) is 6.00. The maximum atomic E-state index is 12.9. The van der Waals surface area contributed by atoms with Gasteiger partial charge in [-0.2, -0.15) is 16.1 Å². The molecule has 1 atom stereocenters. The highest BCUT2D eigenvalue weighted by Crippen LogP contribution is 2.25. The van der Waals surface area contributed by atoms with Crippen LogP contribution in [0.25, 0.3) is 0 Å². The van der Waals surface area contributed by atoms with Gasteiger partial charge in [0.15, 0.2) is 0 Å². The number of hydrogen-bond acceptors (Lipinski definition) is 4. The maximum absolute atomic E-state index is 12.9. The first-order valence-corrected chi connectivity index (χ1v) is 13.0. The Morgan fingerprint density at radius 1 is 1.20 bits per heavy atom. The van der Waals surface area contributed by atoms with E-state index in [1.165, 1.54) is 27.6 Å². The minimum atomic E-state index is -3.62. The highest BCUT2D eigenvalue weighted by molar-refractivity contribution is 7.98. The van der Waals surface area contributed by atoms with Crippen LogP contribution in [-0.2, 0) is 20.6 Å². The van der Waals surface area contributed by atoms with Crippen molar-refractivity contribution in [3.8, 4) is 0 Å². The summed E-state index contributed by atoms with van der Waals surface area (Å²) in [5.74, 6) is 1.35. The number of benzene rings is 2. The second kappa shape index (κ2) is 10.7. The number of amides is 1. The number of hydrogen-bond donors (Lipinski definition) is 1. The van der Waals surface area contributed by atoms with Crippen molar-refractivity contribution in [3.63, 3.8) is 0 Å². The van der Waals surface area contributed by atoms with Crippen molar-refractivity contribution in [2.75, 3.05) is 25.4 Å². The van der Waals surface area contributed by atoms with Gasteiger partial charge in [-0.1, -0.05) is 35.9 Å². The molecule has 0 aliphatic carbocycles. The normalized spacial score (nSPS) is 17.6. The van der Waals surface area contributed by atoms with E-state index in [2.05, 4.69) is 24.4 Å². The standard InChI is InChI=1S/C22H27ClN2O3S2/c1-17-5-2-3-6-19(17)16-29-14-12-24-22(26)18-7-4-13-25(15-18)30(27,28)21-10-8-20(23)9-11-21/h2-3,5-6,8-11,18H,4,7,12-16H2,1H3,(H,24,26)/t18-/m1/s1. The summed E-state index contributed by atoms with van der Waals surface area (Å²) in [7, 11) is -3.62. The molecule has 1 fully saturated rings. The summed E-state index contributed by atoms with van der Waals surface area (Å²) in [6, 6.07) is 14.4. The molecule has 0 saturated carbocycles. The van der Waals surface area contributed by atoms with E-state index in [1.807, 2.05) is 12.1 Å². The number of carbonyl (C=O) groups is 1. The molecule has 0 radical (unpaired) electrons. The molecule has 1 N–H and O–H groups in total. The first-order valence-electron chi connectivity index (χ1n) is 10.0. The molecule has 1 saturated heterocycles. The van der Waals surface area contributed by atoms with E-state index in [-0.39, 0.29) is 23.3 Å². The van der Waals surface area contributed by atoms with Gasteiger partial charge in [0.2, 0.25) is 15.9 Å². The van der Waals surface area contributed by atoms with Gasteiger partial charge in [0.25, 0.3) is 0 Å². The van der Waals surface area contributed by atoms with Gasteiger partial charge >= 0.3 is 0 Å². The van der Waals surface area contributed by atoms with Crippen LogP contribution < -0.4 is 5.32 Å². The van der Waals surface area contributed by atoms with Crippen LogP contribution in [0, 0.1) is 12.8 Å². The molecule has 5 nitrogen and oxygen atoms in total. The van der Waals surface area contributed by atoms with Crippen molar-refractivity contribution in [1.82, 2.24) is 9.62 Å². The molecule has 0 unspecified atom stereocenters. The molecule has 1 aliphatic rings. The molecule has 162 valence electrons. The number of halogens is 1. The number of nitrogens with zero attached hydrogens (tertiary/aromatic N) is 1. The Labute approximate surface area is 188 Å². The van der Waals surface area contributed by atoms with E-state index in [1.54, 1.807) is 23.9 Å². The van der Waals surface area contributed by atoms with E-state index < -0.39 is 10.0 Å². The zero-order valence-electron chi connectivity index (χ0n) is 17.0. The summed E-state index contributed by atoms with van der Waals surface area (Å²) in [5, 5.41) is 3.46. The second-order valence-electron chi connectivity index (χ2n) is 7.43. The van der Waals surface area contributed by atoms with Gasteiger partial charge in [0, 0.05) is 36.2 Å². The topological polar surface area (TPSA) is 66.5 Å². The predicted molar refractivity (Wildman–Crippen MR) is 123 cm³/mol. The molecule has 8 heteroatoms. The van der Waals surface area contributed by atoms with Crippen LogP contribution in [0.1, 0.15) is 24.0 Å². The summed E-state index contributed by atoms with van der Waals surface area (Å²) >= 11 is 7.64. The van der Waals surface area contributed by atoms with E-state index in [0.29, 0.717) is 31.0 Å². The van der Waals surface area contributed by atoms with Crippen molar-refractivity contribution in [1.29, 1.82) is 0 Å². The molecule has 0 spiro atoms. The average Bonchev–Trinajstić information content (AvgIpc) is 2.75. The minimum Gasteiger partial charge on any atom is -0.355 e. The van der Waals surface area contributed by atoms with Crippen molar-refractivity contribution < 1.29 is 13.2 Å². The lowest BCUT2D eigenvalue weighted by Gasteiger charge is -2.31. The van der Waals surface area contributed by atoms with Crippen molar-refractivity contribution in [2.24, 2.45) is 5.92 Å². The lowest BCUT2D eigenvalue weighted by atomic mass is 9.99. The molecular formula is C22H27ClN2O3S2. The van der Waals surface area contributed by atoms with E-state index >= 15 is 0 Å². The van der Waals surface area contributed by atoms with Gasteiger partial charge in [-0.3, -0.25) is 4.79 Å². The molecule has 0 bridgehead atoms. The van der Waals surface area contributed by atoms with Gasteiger partial charge in [-0.25, -0.2) is 8.42 Å². The zero-order chi connectivity index (χ0) is 21.6. The van der Waals surface area contributed by atoms with E-state index in [0.717, 1.165) is 11.5 Å². The monoisotopic (exact) mass is 466 g/mol. The number of piperidine rings is 1. The van der Waals surface area contributed by atoms with Gasteiger partial charge < -0.3 is 5.32 Å². The first kappa shape index (κ1) is 23.1. The lowest BCUT2D eigenvalue weighted by molar-refractivity contribution is -0.125. The number of aryl methyl sites for hydroxylation is 1. The Bertz CT molecular complexity index is 965. The third-order valence-corrected chi connectivity index (χ3v) is 8.41. The summed E-state index contributed by atoms with van der Waals surface area (Å²) in [6.07, 6.45) is 1.38. The lowest BCUT2D eigenvalue weighted by Crippen LogP contribution is -2.45. The molecule has 3 rings (SSSR count). The maximum Gasteiger partial charge on any atom is 0.243 e. The average molecular weight is 467 g/mol. The van der Waals surface area contributed by atoms with Crippen LogP contribution >= 0.6 is 23.4 Å². The quantitative estimate of drug-likeness (QED) is 0.595. The summed E-state index contributed by atoms with van der Waals surface area (Å²) in [6.45, 7) is 3.33.